The fourth-order valence-corrected chi connectivity index (χ4v) is 4.23. The number of halogens is 2. The van der Waals surface area contributed by atoms with Gasteiger partial charge in [-0.2, -0.15) is 4.99 Å². The van der Waals surface area contributed by atoms with Gasteiger partial charge in [0.2, 0.25) is 0 Å². The molecule has 10 heteroatoms. The molecule has 0 aliphatic carbocycles. The van der Waals surface area contributed by atoms with Crippen LogP contribution in [-0.2, 0) is 6.54 Å². The van der Waals surface area contributed by atoms with E-state index in [1.165, 1.54) is 30.6 Å². The lowest BCUT2D eigenvalue weighted by Crippen LogP contribution is -2.36. The highest BCUT2D eigenvalue weighted by Gasteiger charge is 2.14. The predicted octanol–water partition coefficient (Wildman–Crippen LogP) is 4.47. The first-order valence-electron chi connectivity index (χ1n) is 10.3. The lowest BCUT2D eigenvalue weighted by atomic mass is 10.1. The molecule has 0 saturated heterocycles. The second-order valence-corrected chi connectivity index (χ2v) is 8.24. The normalized spacial score (nSPS) is 11.3. The fraction of sp³-hybridized carbons (Fsp3) is 0.261. The van der Waals surface area contributed by atoms with E-state index in [4.69, 9.17) is 16.3 Å². The van der Waals surface area contributed by atoms with E-state index in [0.717, 1.165) is 11.3 Å². The number of thiazole rings is 1. The Bertz CT molecular complexity index is 1190. The van der Waals surface area contributed by atoms with Crippen LogP contribution in [0, 0.1) is 5.82 Å². The van der Waals surface area contributed by atoms with Crippen LogP contribution in [-0.4, -0.2) is 36.7 Å². The highest BCUT2D eigenvalue weighted by atomic mass is 35.5. The molecule has 0 radical (unpaired) electrons. The van der Waals surface area contributed by atoms with Gasteiger partial charge in [-0.15, -0.1) is 11.3 Å². The van der Waals surface area contributed by atoms with Gasteiger partial charge >= 0.3 is 6.03 Å². The summed E-state index contributed by atoms with van der Waals surface area (Å²) in [6.45, 7) is 3.32. The van der Waals surface area contributed by atoms with E-state index in [1.54, 1.807) is 30.3 Å². The third-order valence-electron chi connectivity index (χ3n) is 4.71. The number of hydrogen-bond acceptors (Lipinski definition) is 4. The minimum atomic E-state index is -0.467. The molecule has 2 N–H and O–H groups in total. The van der Waals surface area contributed by atoms with Crippen LogP contribution in [0.1, 0.15) is 23.7 Å². The van der Waals surface area contributed by atoms with Gasteiger partial charge in [-0.3, -0.25) is 4.79 Å². The SMILES string of the molecule is CCNC(=O)NCCCn1c(-c2ccc(F)cc2)csc1=NC(=O)c1ccc(Cl)cc1OC. The summed E-state index contributed by atoms with van der Waals surface area (Å²) in [6, 6.07) is 10.6. The largest absolute Gasteiger partial charge is 0.496 e. The molecule has 3 amide bonds. The number of nitrogens with zero attached hydrogens (tertiary/aromatic N) is 2. The number of rotatable bonds is 8. The minimum Gasteiger partial charge on any atom is -0.496 e. The first-order chi connectivity index (χ1) is 15.9. The Labute approximate surface area is 199 Å². The van der Waals surface area contributed by atoms with E-state index in [2.05, 4.69) is 15.6 Å². The predicted molar refractivity (Wildman–Crippen MR) is 127 cm³/mol. The number of methoxy groups -OCH3 is 1. The van der Waals surface area contributed by atoms with E-state index in [0.29, 0.717) is 47.2 Å². The molecule has 0 bridgehead atoms. The maximum atomic E-state index is 13.4. The first kappa shape index (κ1) is 24.5. The molecule has 0 unspecified atom stereocenters. The maximum absolute atomic E-state index is 13.4. The number of aromatic nitrogens is 1. The minimum absolute atomic E-state index is 0.235. The Morgan fingerprint density at radius 1 is 1.18 bits per heavy atom. The van der Waals surface area contributed by atoms with Gasteiger partial charge in [0.05, 0.1) is 18.4 Å². The summed E-state index contributed by atoms with van der Waals surface area (Å²) in [5, 5.41) is 7.78. The molecule has 3 aromatic rings. The molecule has 33 heavy (non-hydrogen) atoms. The lowest BCUT2D eigenvalue weighted by Gasteiger charge is -2.10. The molecule has 174 valence electrons. The monoisotopic (exact) mass is 490 g/mol. The Morgan fingerprint density at radius 3 is 2.64 bits per heavy atom. The summed E-state index contributed by atoms with van der Waals surface area (Å²) in [5.41, 5.74) is 1.89. The molecule has 1 heterocycles. The summed E-state index contributed by atoms with van der Waals surface area (Å²) in [6.07, 6.45) is 0.605. The Balaban J connectivity index is 1.92. The van der Waals surface area contributed by atoms with Crippen molar-refractivity contribution in [2.24, 2.45) is 4.99 Å². The molecule has 1 aromatic heterocycles. The summed E-state index contributed by atoms with van der Waals surface area (Å²) < 4.78 is 20.6. The van der Waals surface area contributed by atoms with Gasteiger partial charge in [0.25, 0.3) is 5.91 Å². The van der Waals surface area contributed by atoms with Crippen LogP contribution in [0.2, 0.25) is 5.02 Å². The molecule has 0 fully saturated rings. The summed E-state index contributed by atoms with van der Waals surface area (Å²) >= 11 is 7.30. The second-order valence-electron chi connectivity index (χ2n) is 6.96. The van der Waals surface area contributed by atoms with Gasteiger partial charge in [0.1, 0.15) is 11.6 Å². The average Bonchev–Trinajstić information content (AvgIpc) is 3.19. The highest BCUT2D eigenvalue weighted by molar-refractivity contribution is 7.07. The van der Waals surface area contributed by atoms with Crippen molar-refractivity contribution in [3.8, 4) is 17.0 Å². The molecule has 0 atom stereocenters. The fourth-order valence-electron chi connectivity index (χ4n) is 3.14. The molecule has 0 aliphatic heterocycles. The molecule has 3 rings (SSSR count). The summed E-state index contributed by atoms with van der Waals surface area (Å²) in [7, 11) is 1.46. The zero-order valence-corrected chi connectivity index (χ0v) is 19.8. The number of ether oxygens (including phenoxy) is 1. The number of carbonyl (C=O) groups is 2. The van der Waals surface area contributed by atoms with Crippen LogP contribution in [0.4, 0.5) is 9.18 Å². The average molecular weight is 491 g/mol. The zero-order chi connectivity index (χ0) is 23.8. The van der Waals surface area contributed by atoms with E-state index in [9.17, 15) is 14.0 Å². The molecule has 0 spiro atoms. The molecule has 0 saturated carbocycles. The third-order valence-corrected chi connectivity index (χ3v) is 5.81. The smallest absolute Gasteiger partial charge is 0.314 e. The van der Waals surface area contributed by atoms with Gasteiger partial charge in [-0.05, 0) is 61.4 Å². The number of urea groups is 1. The zero-order valence-electron chi connectivity index (χ0n) is 18.2. The second kappa shape index (κ2) is 11.6. The van der Waals surface area contributed by atoms with Gasteiger partial charge in [0, 0.05) is 30.0 Å². The standard InChI is InChI=1S/C23H24ClFN4O3S/c1-3-26-22(31)27-11-4-12-29-19(15-5-8-17(25)9-6-15)14-33-23(29)28-21(30)18-10-7-16(24)13-20(18)32-2/h5-10,13-14H,3-4,11-12H2,1-2H3,(H2,26,27,31). The van der Waals surface area contributed by atoms with Crippen molar-refractivity contribution in [3.63, 3.8) is 0 Å². The van der Waals surface area contributed by atoms with Crippen molar-refractivity contribution in [1.82, 2.24) is 15.2 Å². The van der Waals surface area contributed by atoms with Gasteiger partial charge in [-0.25, -0.2) is 9.18 Å². The Kier molecular flexibility index (Phi) is 8.62. The summed E-state index contributed by atoms with van der Waals surface area (Å²) in [4.78, 5) is 29.4. The summed E-state index contributed by atoms with van der Waals surface area (Å²) in [5.74, 6) is -0.462. The third kappa shape index (κ3) is 6.43. The van der Waals surface area contributed by atoms with Crippen molar-refractivity contribution < 1.29 is 18.7 Å². The van der Waals surface area contributed by atoms with Crippen molar-refractivity contribution in [2.75, 3.05) is 20.2 Å². The topological polar surface area (TPSA) is 84.7 Å². The van der Waals surface area contributed by atoms with Gasteiger partial charge in [-0.1, -0.05) is 11.6 Å². The van der Waals surface area contributed by atoms with Crippen LogP contribution in [0.3, 0.4) is 0 Å². The number of hydrogen-bond donors (Lipinski definition) is 2. The maximum Gasteiger partial charge on any atom is 0.314 e. The van der Waals surface area contributed by atoms with Crippen molar-refractivity contribution >= 4 is 34.9 Å². The van der Waals surface area contributed by atoms with Crippen molar-refractivity contribution in [3.05, 3.63) is 69.0 Å². The highest BCUT2D eigenvalue weighted by Crippen LogP contribution is 2.24. The molecule has 0 aliphatic rings. The number of benzene rings is 2. The van der Waals surface area contributed by atoms with E-state index >= 15 is 0 Å². The van der Waals surface area contributed by atoms with Crippen LogP contribution in [0.15, 0.2) is 52.8 Å². The van der Waals surface area contributed by atoms with Gasteiger partial charge < -0.3 is 19.9 Å². The number of nitrogens with one attached hydrogen (secondary N) is 2. The Morgan fingerprint density at radius 2 is 1.94 bits per heavy atom. The van der Waals surface area contributed by atoms with Crippen LogP contribution in [0.25, 0.3) is 11.3 Å². The first-order valence-corrected chi connectivity index (χ1v) is 11.6. The molecular weight excluding hydrogens is 467 g/mol. The number of carbonyl (C=O) groups excluding carboxylic acids is 2. The van der Waals surface area contributed by atoms with E-state index < -0.39 is 5.91 Å². The van der Waals surface area contributed by atoms with Crippen molar-refractivity contribution in [2.45, 2.75) is 19.9 Å². The number of amides is 3. The molecular formula is C23H24ClFN4O3S. The van der Waals surface area contributed by atoms with E-state index in [-0.39, 0.29) is 11.8 Å². The molecule has 7 nitrogen and oxygen atoms in total. The van der Waals surface area contributed by atoms with Crippen LogP contribution in [0.5, 0.6) is 5.75 Å². The van der Waals surface area contributed by atoms with Crippen LogP contribution < -0.4 is 20.2 Å². The van der Waals surface area contributed by atoms with Crippen molar-refractivity contribution in [1.29, 1.82) is 0 Å². The van der Waals surface area contributed by atoms with E-state index in [1.807, 2.05) is 16.9 Å². The Hall–Kier alpha value is -3.17. The van der Waals surface area contributed by atoms with Gasteiger partial charge in [0.15, 0.2) is 4.80 Å². The van der Waals surface area contributed by atoms with Crippen LogP contribution >= 0.6 is 22.9 Å². The quantitative estimate of drug-likeness (QED) is 0.457. The lowest BCUT2D eigenvalue weighted by molar-refractivity contribution is 0.0995. The molecule has 2 aromatic carbocycles.